The van der Waals surface area contributed by atoms with Crippen LogP contribution in [-0.4, -0.2) is 88.1 Å². The van der Waals surface area contributed by atoms with E-state index in [1.54, 1.807) is 34.7 Å². The molecule has 0 bridgehead atoms. The molecule has 10 nitrogen and oxygen atoms in total. The molecule has 1 amide bonds. The lowest BCUT2D eigenvalue weighted by molar-refractivity contribution is -0.150. The minimum atomic E-state index is -0.976. The first-order valence-electron chi connectivity index (χ1n) is 11.1. The number of carboxylic acids is 1. The van der Waals surface area contributed by atoms with Crippen LogP contribution in [0.3, 0.4) is 0 Å². The standard InChI is InChI=1S/C22H44N4O6/c1-20(2,15-21(3,4)19(29)30)18(28)22(5,6)26-9-11-32-13-12-31-10-8-24-16-25-14-17(27)23-7/h24-26H,8-16H2,1-7H3,(H,23,27)(H,29,30). The number of hydrogen-bond acceptors (Lipinski definition) is 8. The quantitative estimate of drug-likeness (QED) is 0.137. The highest BCUT2D eigenvalue weighted by Crippen LogP contribution is 2.37. The summed E-state index contributed by atoms with van der Waals surface area (Å²) in [4.78, 5) is 35.5. The number of rotatable bonds is 19. The van der Waals surface area contributed by atoms with Crippen LogP contribution in [0.5, 0.6) is 0 Å². The van der Waals surface area contributed by atoms with E-state index in [9.17, 15) is 19.5 Å². The first kappa shape index (κ1) is 30.4. The minimum Gasteiger partial charge on any atom is -0.481 e. The summed E-state index contributed by atoms with van der Waals surface area (Å²) >= 11 is 0. The van der Waals surface area contributed by atoms with Crippen molar-refractivity contribution in [1.29, 1.82) is 0 Å². The number of likely N-dealkylation sites (N-methyl/N-ethyl adjacent to an activating group) is 1. The normalized spacial score (nSPS) is 12.6. The molecular formula is C22H44N4O6. The minimum absolute atomic E-state index is 0.0278. The summed E-state index contributed by atoms with van der Waals surface area (Å²) < 4.78 is 11.0. The Bertz CT molecular complexity index is 593. The van der Waals surface area contributed by atoms with E-state index in [1.165, 1.54) is 0 Å². The van der Waals surface area contributed by atoms with E-state index in [-0.39, 0.29) is 24.7 Å². The molecule has 5 N–H and O–H groups in total. The Balaban J connectivity index is 3.95. The predicted octanol–water partition coefficient (Wildman–Crippen LogP) is 0.367. The lowest BCUT2D eigenvalue weighted by Gasteiger charge is -2.37. The van der Waals surface area contributed by atoms with E-state index in [0.717, 1.165) is 0 Å². The Morgan fingerprint density at radius 2 is 1.38 bits per heavy atom. The smallest absolute Gasteiger partial charge is 0.309 e. The van der Waals surface area contributed by atoms with Crippen molar-refractivity contribution in [3.63, 3.8) is 0 Å². The molecule has 0 aromatic rings. The van der Waals surface area contributed by atoms with Crippen molar-refractivity contribution < 1.29 is 29.0 Å². The van der Waals surface area contributed by atoms with Crippen molar-refractivity contribution in [3.8, 4) is 0 Å². The fraction of sp³-hybridized carbons (Fsp3) is 0.864. The van der Waals surface area contributed by atoms with Crippen molar-refractivity contribution in [2.75, 3.05) is 59.8 Å². The third-order valence-corrected chi connectivity index (χ3v) is 5.07. The number of carbonyl (C=O) groups is 3. The zero-order valence-electron chi connectivity index (χ0n) is 20.9. The average molecular weight is 461 g/mol. The summed E-state index contributed by atoms with van der Waals surface area (Å²) in [5.41, 5.74) is -2.55. The number of amides is 1. The Labute approximate surface area is 192 Å². The van der Waals surface area contributed by atoms with Gasteiger partial charge in [-0.25, -0.2) is 0 Å². The second-order valence-electron chi connectivity index (χ2n) is 9.63. The van der Waals surface area contributed by atoms with E-state index in [4.69, 9.17) is 9.47 Å². The van der Waals surface area contributed by atoms with Crippen LogP contribution in [0.4, 0.5) is 0 Å². The molecular weight excluding hydrogens is 416 g/mol. The largest absolute Gasteiger partial charge is 0.481 e. The summed E-state index contributed by atoms with van der Waals surface area (Å²) in [6.45, 7) is 14.3. The fourth-order valence-electron chi connectivity index (χ4n) is 3.53. The molecule has 0 aromatic heterocycles. The van der Waals surface area contributed by atoms with Crippen molar-refractivity contribution >= 4 is 17.7 Å². The summed E-state index contributed by atoms with van der Waals surface area (Å²) in [7, 11) is 1.59. The molecule has 0 unspecified atom stereocenters. The van der Waals surface area contributed by atoms with Gasteiger partial charge >= 0.3 is 5.97 Å². The topological polar surface area (TPSA) is 138 Å². The van der Waals surface area contributed by atoms with Gasteiger partial charge < -0.3 is 30.5 Å². The highest BCUT2D eigenvalue weighted by atomic mass is 16.5. The number of Topliss-reactive ketones (excluding diaryl/α,β-unsaturated/α-hetero) is 1. The molecule has 0 saturated heterocycles. The van der Waals surface area contributed by atoms with Crippen LogP contribution in [0.2, 0.25) is 0 Å². The molecule has 0 aliphatic heterocycles. The van der Waals surface area contributed by atoms with Crippen molar-refractivity contribution in [2.45, 2.75) is 53.5 Å². The zero-order valence-corrected chi connectivity index (χ0v) is 20.9. The maximum absolute atomic E-state index is 13.0. The molecule has 0 spiro atoms. The first-order valence-corrected chi connectivity index (χ1v) is 11.1. The zero-order chi connectivity index (χ0) is 24.8. The van der Waals surface area contributed by atoms with Gasteiger partial charge in [-0.2, -0.15) is 0 Å². The molecule has 0 aromatic carbocycles. The van der Waals surface area contributed by atoms with Crippen LogP contribution in [0.25, 0.3) is 0 Å². The van der Waals surface area contributed by atoms with Crippen LogP contribution in [0.15, 0.2) is 0 Å². The van der Waals surface area contributed by atoms with Gasteiger partial charge in [0, 0.05) is 32.2 Å². The van der Waals surface area contributed by atoms with Crippen LogP contribution >= 0.6 is 0 Å². The average Bonchev–Trinajstić information content (AvgIpc) is 2.69. The van der Waals surface area contributed by atoms with E-state index in [2.05, 4.69) is 21.3 Å². The van der Waals surface area contributed by atoms with E-state index >= 15 is 0 Å². The lowest BCUT2D eigenvalue weighted by Crippen LogP contribution is -2.54. The van der Waals surface area contributed by atoms with Gasteiger partial charge in [0.25, 0.3) is 0 Å². The number of hydrogen-bond donors (Lipinski definition) is 5. The molecule has 32 heavy (non-hydrogen) atoms. The number of aliphatic carboxylic acids is 1. The van der Waals surface area contributed by atoms with Crippen LogP contribution in [0.1, 0.15) is 48.0 Å². The summed E-state index contributed by atoms with van der Waals surface area (Å²) in [6, 6.07) is 0. The molecule has 0 atom stereocenters. The van der Waals surface area contributed by atoms with E-state index in [1.807, 2.05) is 13.8 Å². The fourth-order valence-corrected chi connectivity index (χ4v) is 3.53. The highest BCUT2D eigenvalue weighted by molar-refractivity contribution is 5.92. The van der Waals surface area contributed by atoms with E-state index in [0.29, 0.717) is 46.2 Å². The maximum Gasteiger partial charge on any atom is 0.309 e. The second kappa shape index (κ2) is 14.5. The summed E-state index contributed by atoms with van der Waals surface area (Å²) in [6.07, 6.45) is 0.256. The number of carboxylic acid groups (broad SMARTS) is 1. The van der Waals surface area contributed by atoms with Gasteiger partial charge in [-0.3, -0.25) is 19.7 Å². The molecule has 0 aliphatic carbocycles. The molecule has 188 valence electrons. The maximum atomic E-state index is 13.0. The Hall–Kier alpha value is -1.59. The second-order valence-corrected chi connectivity index (χ2v) is 9.63. The molecule has 0 heterocycles. The van der Waals surface area contributed by atoms with Crippen molar-refractivity contribution in [1.82, 2.24) is 21.3 Å². The van der Waals surface area contributed by atoms with Crippen LogP contribution in [0, 0.1) is 10.8 Å². The Kier molecular flexibility index (Phi) is 13.8. The SMILES string of the molecule is CNC(=O)CNCNCCOCCOCCNC(C)(C)C(=O)C(C)(C)CC(C)(C)C(=O)O. The van der Waals surface area contributed by atoms with Gasteiger partial charge in [-0.1, -0.05) is 13.8 Å². The van der Waals surface area contributed by atoms with Gasteiger partial charge in [-0.05, 0) is 34.1 Å². The summed E-state index contributed by atoms with van der Waals surface area (Å²) in [5.74, 6) is -0.999. The Morgan fingerprint density at radius 3 is 1.91 bits per heavy atom. The molecule has 0 saturated carbocycles. The van der Waals surface area contributed by atoms with Gasteiger partial charge in [-0.15, -0.1) is 0 Å². The molecule has 0 aliphatic rings. The predicted molar refractivity (Wildman–Crippen MR) is 123 cm³/mol. The lowest BCUT2D eigenvalue weighted by atomic mass is 9.69. The van der Waals surface area contributed by atoms with Crippen molar-refractivity contribution in [2.24, 2.45) is 10.8 Å². The van der Waals surface area contributed by atoms with Gasteiger partial charge in [0.15, 0.2) is 5.78 Å². The van der Waals surface area contributed by atoms with E-state index < -0.39 is 22.3 Å². The van der Waals surface area contributed by atoms with Crippen LogP contribution < -0.4 is 21.3 Å². The third-order valence-electron chi connectivity index (χ3n) is 5.07. The van der Waals surface area contributed by atoms with Gasteiger partial charge in [0.05, 0.1) is 43.9 Å². The number of carbonyl (C=O) groups excluding carboxylic acids is 2. The Morgan fingerprint density at radius 1 is 0.812 bits per heavy atom. The summed E-state index contributed by atoms with van der Waals surface area (Å²) in [5, 5.41) is 21.2. The number of ether oxygens (including phenoxy) is 2. The first-order chi connectivity index (χ1) is 14.8. The molecule has 10 heteroatoms. The highest BCUT2D eigenvalue weighted by Gasteiger charge is 2.44. The van der Waals surface area contributed by atoms with Gasteiger partial charge in [0.1, 0.15) is 0 Å². The molecule has 0 rings (SSSR count). The molecule has 0 radical (unpaired) electrons. The van der Waals surface area contributed by atoms with Crippen molar-refractivity contribution in [3.05, 3.63) is 0 Å². The third kappa shape index (κ3) is 12.4. The number of nitrogens with one attached hydrogen (secondary N) is 4. The monoisotopic (exact) mass is 460 g/mol. The number of ketones is 1. The van der Waals surface area contributed by atoms with Gasteiger partial charge in [0.2, 0.25) is 5.91 Å². The van der Waals surface area contributed by atoms with Crippen LogP contribution in [-0.2, 0) is 23.9 Å². The molecule has 0 fully saturated rings.